The van der Waals surface area contributed by atoms with Crippen LogP contribution in [0.3, 0.4) is 0 Å². The number of nitrogens with two attached hydrogens (primary N) is 1. The molecule has 0 radical (unpaired) electrons. The van der Waals surface area contributed by atoms with E-state index in [4.69, 9.17) is 15.0 Å². The van der Waals surface area contributed by atoms with Crippen LogP contribution in [0.15, 0.2) is 34.9 Å². The number of hydrogen-bond donors (Lipinski definition) is 2. The maximum atomic E-state index is 11.6. The molecule has 20 heavy (non-hydrogen) atoms. The second-order valence-electron chi connectivity index (χ2n) is 4.38. The normalized spacial score (nSPS) is 10.2. The van der Waals surface area contributed by atoms with Crippen molar-refractivity contribution in [2.24, 2.45) is 0 Å². The minimum absolute atomic E-state index is 0.102. The summed E-state index contributed by atoms with van der Waals surface area (Å²) in [4.78, 5) is 11.6. The van der Waals surface area contributed by atoms with Crippen molar-refractivity contribution in [3.8, 4) is 5.75 Å². The van der Waals surface area contributed by atoms with E-state index in [1.54, 1.807) is 30.3 Å². The highest BCUT2D eigenvalue weighted by molar-refractivity contribution is 5.75. The Morgan fingerprint density at radius 1 is 1.40 bits per heavy atom. The lowest BCUT2D eigenvalue weighted by atomic mass is 10.3. The molecule has 0 saturated heterocycles. The zero-order valence-electron chi connectivity index (χ0n) is 11.3. The van der Waals surface area contributed by atoms with Crippen LogP contribution in [-0.2, 0) is 11.3 Å². The van der Waals surface area contributed by atoms with Gasteiger partial charge in [-0.2, -0.15) is 0 Å². The zero-order valence-corrected chi connectivity index (χ0v) is 11.3. The first-order valence-corrected chi connectivity index (χ1v) is 6.31. The monoisotopic (exact) mass is 275 g/mol. The van der Waals surface area contributed by atoms with Gasteiger partial charge in [0.05, 0.1) is 25.3 Å². The molecule has 1 amide bonds. The molecule has 0 atom stereocenters. The van der Waals surface area contributed by atoms with Gasteiger partial charge in [0.2, 0.25) is 5.91 Å². The second-order valence-corrected chi connectivity index (χ2v) is 4.38. The second kappa shape index (κ2) is 6.60. The minimum Gasteiger partial charge on any atom is -0.493 e. The molecule has 3 N–H and O–H groups in total. The molecule has 1 aromatic carbocycles. The van der Waals surface area contributed by atoms with Crippen LogP contribution in [0.1, 0.15) is 17.9 Å². The van der Waals surface area contributed by atoms with Gasteiger partial charge in [-0.15, -0.1) is 0 Å². The highest BCUT2D eigenvalue weighted by Crippen LogP contribution is 2.13. The van der Waals surface area contributed by atoms with Crippen molar-refractivity contribution in [1.82, 2.24) is 10.5 Å². The quantitative estimate of drug-likeness (QED) is 0.782. The summed E-state index contributed by atoms with van der Waals surface area (Å²) in [5.74, 6) is 1.22. The first kappa shape index (κ1) is 13.9. The van der Waals surface area contributed by atoms with Crippen LogP contribution in [0.2, 0.25) is 0 Å². The molecule has 0 fully saturated rings. The summed E-state index contributed by atoms with van der Waals surface area (Å²) in [6, 6.07) is 8.82. The first-order valence-electron chi connectivity index (χ1n) is 6.31. The predicted molar refractivity (Wildman–Crippen MR) is 74.1 cm³/mol. The average Bonchev–Trinajstić information content (AvgIpc) is 2.85. The van der Waals surface area contributed by atoms with Crippen molar-refractivity contribution in [3.05, 3.63) is 41.8 Å². The van der Waals surface area contributed by atoms with Gasteiger partial charge in [-0.1, -0.05) is 5.16 Å². The third kappa shape index (κ3) is 4.31. The molecule has 0 aliphatic carbocycles. The molecule has 0 unspecified atom stereocenters. The van der Waals surface area contributed by atoms with Crippen LogP contribution in [-0.4, -0.2) is 17.7 Å². The number of ether oxygens (including phenoxy) is 1. The number of nitrogen functional groups attached to an aromatic ring is 1. The van der Waals surface area contributed by atoms with E-state index in [2.05, 4.69) is 10.5 Å². The van der Waals surface area contributed by atoms with Crippen molar-refractivity contribution in [2.75, 3.05) is 12.3 Å². The Morgan fingerprint density at radius 3 is 2.80 bits per heavy atom. The molecule has 1 heterocycles. The molecule has 0 bridgehead atoms. The van der Waals surface area contributed by atoms with Crippen molar-refractivity contribution in [2.45, 2.75) is 19.9 Å². The average molecular weight is 275 g/mol. The van der Waals surface area contributed by atoms with E-state index in [-0.39, 0.29) is 12.3 Å². The van der Waals surface area contributed by atoms with Gasteiger partial charge < -0.3 is 20.3 Å². The maximum absolute atomic E-state index is 11.6. The molecule has 106 valence electrons. The molecule has 0 aliphatic heterocycles. The Hall–Kier alpha value is -2.50. The van der Waals surface area contributed by atoms with Crippen molar-refractivity contribution in [3.63, 3.8) is 0 Å². The maximum Gasteiger partial charge on any atom is 0.223 e. The molecule has 0 spiro atoms. The van der Waals surface area contributed by atoms with E-state index in [1.807, 2.05) is 6.92 Å². The van der Waals surface area contributed by atoms with E-state index in [1.165, 1.54) is 0 Å². The van der Waals surface area contributed by atoms with Gasteiger partial charge in [0, 0.05) is 11.8 Å². The Labute approximate surface area is 116 Å². The van der Waals surface area contributed by atoms with Crippen molar-refractivity contribution < 1.29 is 14.1 Å². The third-order valence-corrected chi connectivity index (χ3v) is 2.61. The molecule has 0 saturated carbocycles. The number of aromatic nitrogens is 1. The van der Waals surface area contributed by atoms with Gasteiger partial charge in [-0.3, -0.25) is 4.79 Å². The van der Waals surface area contributed by atoms with Gasteiger partial charge >= 0.3 is 0 Å². The number of nitrogens with zero attached hydrogens (tertiary/aromatic N) is 1. The first-order chi connectivity index (χ1) is 9.63. The fourth-order valence-corrected chi connectivity index (χ4v) is 1.60. The molecule has 1 aromatic heterocycles. The number of anilines is 1. The van der Waals surface area contributed by atoms with Crippen LogP contribution in [0.25, 0.3) is 0 Å². The van der Waals surface area contributed by atoms with Crippen molar-refractivity contribution >= 4 is 11.6 Å². The van der Waals surface area contributed by atoms with Crippen molar-refractivity contribution in [1.29, 1.82) is 0 Å². The smallest absolute Gasteiger partial charge is 0.223 e. The Balaban J connectivity index is 1.66. The molecular weight excluding hydrogens is 258 g/mol. The van der Waals surface area contributed by atoms with Crippen LogP contribution < -0.4 is 15.8 Å². The summed E-state index contributed by atoms with van der Waals surface area (Å²) in [6.07, 6.45) is 0.275. The molecule has 0 aliphatic rings. The van der Waals surface area contributed by atoms with Gasteiger partial charge in [0.25, 0.3) is 0 Å². The van der Waals surface area contributed by atoms with Gasteiger partial charge in [0.15, 0.2) is 5.76 Å². The number of amides is 1. The number of nitrogens with one attached hydrogen (secondary N) is 1. The summed E-state index contributed by atoms with van der Waals surface area (Å²) in [5, 5.41) is 6.48. The summed E-state index contributed by atoms with van der Waals surface area (Å²) >= 11 is 0. The predicted octanol–water partition coefficient (Wildman–Crippen LogP) is 1.65. The van der Waals surface area contributed by atoms with E-state index in [0.29, 0.717) is 30.3 Å². The zero-order chi connectivity index (χ0) is 14.4. The van der Waals surface area contributed by atoms with Crippen LogP contribution in [0, 0.1) is 6.92 Å². The molecular formula is C14H17N3O3. The summed E-state index contributed by atoms with van der Waals surface area (Å²) in [6.45, 7) is 2.47. The number of aryl methyl sites for hydroxylation is 1. The van der Waals surface area contributed by atoms with Crippen LogP contribution >= 0.6 is 0 Å². The van der Waals surface area contributed by atoms with Crippen LogP contribution in [0.4, 0.5) is 5.69 Å². The molecule has 2 aromatic rings. The SMILES string of the molecule is Cc1cc(CNC(=O)CCOc2ccc(N)cc2)on1. The van der Waals surface area contributed by atoms with E-state index >= 15 is 0 Å². The highest BCUT2D eigenvalue weighted by atomic mass is 16.5. The lowest BCUT2D eigenvalue weighted by molar-refractivity contribution is -0.121. The fraction of sp³-hybridized carbons (Fsp3) is 0.286. The van der Waals surface area contributed by atoms with E-state index in [0.717, 1.165) is 5.69 Å². The number of carbonyl (C=O) groups is 1. The lowest BCUT2D eigenvalue weighted by Crippen LogP contribution is -2.24. The summed E-state index contributed by atoms with van der Waals surface area (Å²) in [5.41, 5.74) is 7.04. The number of rotatable bonds is 6. The number of carbonyl (C=O) groups excluding carboxylic acids is 1. The Morgan fingerprint density at radius 2 is 2.15 bits per heavy atom. The largest absolute Gasteiger partial charge is 0.493 e. The van der Waals surface area contributed by atoms with E-state index in [9.17, 15) is 4.79 Å². The molecule has 6 heteroatoms. The van der Waals surface area contributed by atoms with Gasteiger partial charge in [-0.25, -0.2) is 0 Å². The topological polar surface area (TPSA) is 90.4 Å². The van der Waals surface area contributed by atoms with E-state index < -0.39 is 0 Å². The minimum atomic E-state index is -0.102. The third-order valence-electron chi connectivity index (χ3n) is 2.61. The Bertz CT molecular complexity index is 563. The number of benzene rings is 1. The molecule has 2 rings (SSSR count). The standard InChI is InChI=1S/C14H17N3O3/c1-10-8-13(20-17-10)9-16-14(18)6-7-19-12-4-2-11(15)3-5-12/h2-5,8H,6-7,9,15H2,1H3,(H,16,18). The summed E-state index contributed by atoms with van der Waals surface area (Å²) in [7, 11) is 0. The Kier molecular flexibility index (Phi) is 4.60. The van der Waals surface area contributed by atoms with Gasteiger partial charge in [-0.05, 0) is 31.2 Å². The number of hydrogen-bond acceptors (Lipinski definition) is 5. The lowest BCUT2D eigenvalue weighted by Gasteiger charge is -2.06. The molecule has 6 nitrogen and oxygen atoms in total. The van der Waals surface area contributed by atoms with Crippen LogP contribution in [0.5, 0.6) is 5.75 Å². The van der Waals surface area contributed by atoms with Gasteiger partial charge in [0.1, 0.15) is 5.75 Å². The highest BCUT2D eigenvalue weighted by Gasteiger charge is 2.05. The fourth-order valence-electron chi connectivity index (χ4n) is 1.60. The summed E-state index contributed by atoms with van der Waals surface area (Å²) < 4.78 is 10.4.